The van der Waals surface area contributed by atoms with Gasteiger partial charge in [0, 0.05) is 16.1 Å². The van der Waals surface area contributed by atoms with Crippen LogP contribution in [0.4, 0.5) is 0 Å². The molecule has 19 heavy (non-hydrogen) atoms. The lowest BCUT2D eigenvalue weighted by atomic mass is 10.0. The molecule has 2 aliphatic rings. The molecule has 0 bridgehead atoms. The summed E-state index contributed by atoms with van der Waals surface area (Å²) in [6, 6.07) is 3.71. The molecule has 0 heterocycles. The Balaban J connectivity index is 2.00. The van der Waals surface area contributed by atoms with Crippen molar-refractivity contribution in [2.75, 3.05) is 7.11 Å². The largest absolute Gasteiger partial charge is 0.493 e. The van der Waals surface area contributed by atoms with Crippen LogP contribution in [-0.4, -0.2) is 13.2 Å². The third-order valence-electron chi connectivity index (χ3n) is 4.16. The summed E-state index contributed by atoms with van der Waals surface area (Å²) in [5.74, 6) is 1.50. The highest BCUT2D eigenvalue weighted by Crippen LogP contribution is 2.52. The maximum absolute atomic E-state index is 6.35. The molecule has 1 aromatic rings. The summed E-state index contributed by atoms with van der Waals surface area (Å²) in [6.07, 6.45) is 6.86. The molecule has 0 amide bonds. The molecule has 2 saturated carbocycles. The fourth-order valence-corrected chi connectivity index (χ4v) is 3.18. The summed E-state index contributed by atoms with van der Waals surface area (Å²) < 4.78 is 11.6. The first-order chi connectivity index (χ1) is 9.14. The molecule has 3 nitrogen and oxygen atoms in total. The second-order valence-electron chi connectivity index (χ2n) is 5.63. The van der Waals surface area contributed by atoms with Gasteiger partial charge in [-0.1, -0.05) is 11.6 Å². The van der Waals surface area contributed by atoms with Crippen molar-refractivity contribution in [1.82, 2.24) is 0 Å². The summed E-state index contributed by atoms with van der Waals surface area (Å²) in [5, 5.41) is 0.689. The van der Waals surface area contributed by atoms with Crippen molar-refractivity contribution in [3.63, 3.8) is 0 Å². The predicted octanol–water partition coefficient (Wildman–Crippen LogP) is 3.62. The second kappa shape index (κ2) is 4.88. The fraction of sp³-hybridized carbons (Fsp3) is 0.600. The van der Waals surface area contributed by atoms with Crippen LogP contribution in [0.2, 0.25) is 5.02 Å². The predicted molar refractivity (Wildman–Crippen MR) is 76.0 cm³/mol. The summed E-state index contributed by atoms with van der Waals surface area (Å²) >= 11 is 6.35. The van der Waals surface area contributed by atoms with Crippen molar-refractivity contribution < 1.29 is 9.47 Å². The number of methoxy groups -OCH3 is 1. The van der Waals surface area contributed by atoms with Gasteiger partial charge in [-0.3, -0.25) is 0 Å². The van der Waals surface area contributed by atoms with Gasteiger partial charge in [0.15, 0.2) is 11.5 Å². The maximum Gasteiger partial charge on any atom is 0.168 e. The lowest BCUT2D eigenvalue weighted by Crippen LogP contribution is -2.23. The van der Waals surface area contributed by atoms with E-state index in [4.69, 9.17) is 26.8 Å². The lowest BCUT2D eigenvalue weighted by molar-refractivity contribution is 0.197. The molecule has 0 radical (unpaired) electrons. The van der Waals surface area contributed by atoms with Gasteiger partial charge in [-0.05, 0) is 50.7 Å². The fourth-order valence-electron chi connectivity index (χ4n) is 2.84. The number of hydrogen-bond acceptors (Lipinski definition) is 3. The topological polar surface area (TPSA) is 44.5 Å². The van der Waals surface area contributed by atoms with Crippen molar-refractivity contribution in [2.45, 2.75) is 50.2 Å². The summed E-state index contributed by atoms with van der Waals surface area (Å²) in [4.78, 5) is 0. The smallest absolute Gasteiger partial charge is 0.168 e. The molecule has 2 N–H and O–H groups in total. The van der Waals surface area contributed by atoms with E-state index in [2.05, 4.69) is 0 Å². The van der Waals surface area contributed by atoms with Crippen LogP contribution in [0, 0.1) is 0 Å². The molecule has 0 aromatic heterocycles. The van der Waals surface area contributed by atoms with E-state index in [1.807, 2.05) is 12.1 Å². The van der Waals surface area contributed by atoms with Crippen molar-refractivity contribution >= 4 is 11.6 Å². The Morgan fingerprint density at radius 1 is 1.26 bits per heavy atom. The molecule has 0 saturated heterocycles. The van der Waals surface area contributed by atoms with E-state index in [0.29, 0.717) is 5.02 Å². The number of benzene rings is 1. The highest BCUT2D eigenvalue weighted by molar-refractivity contribution is 6.31. The molecule has 1 aromatic carbocycles. The Labute approximate surface area is 119 Å². The van der Waals surface area contributed by atoms with Gasteiger partial charge >= 0.3 is 0 Å². The highest BCUT2D eigenvalue weighted by Gasteiger charge is 2.45. The van der Waals surface area contributed by atoms with Crippen molar-refractivity contribution in [1.29, 1.82) is 0 Å². The Hall–Kier alpha value is -0.930. The normalized spacial score (nSPS) is 21.4. The molecular formula is C15H20ClNO2. The van der Waals surface area contributed by atoms with Gasteiger partial charge in [-0.2, -0.15) is 0 Å². The van der Waals surface area contributed by atoms with Crippen LogP contribution in [0.15, 0.2) is 12.1 Å². The molecule has 104 valence electrons. The van der Waals surface area contributed by atoms with Crippen LogP contribution in [0.25, 0.3) is 0 Å². The van der Waals surface area contributed by atoms with Crippen LogP contribution in [-0.2, 0) is 5.54 Å². The quantitative estimate of drug-likeness (QED) is 0.917. The zero-order chi connectivity index (χ0) is 13.5. The van der Waals surface area contributed by atoms with Gasteiger partial charge in [0.2, 0.25) is 0 Å². The molecule has 2 fully saturated rings. The lowest BCUT2D eigenvalue weighted by Gasteiger charge is -2.23. The molecule has 0 unspecified atom stereocenters. The van der Waals surface area contributed by atoms with Gasteiger partial charge in [0.05, 0.1) is 13.2 Å². The number of halogens is 1. The Morgan fingerprint density at radius 3 is 2.53 bits per heavy atom. The standard InChI is InChI=1S/C15H20ClNO2/c1-18-12-7-6-11(16)13(15(17)8-9-15)14(12)19-10-4-2-3-5-10/h6-7,10H,2-5,8-9,17H2,1H3. The highest BCUT2D eigenvalue weighted by atomic mass is 35.5. The van der Waals surface area contributed by atoms with Gasteiger partial charge < -0.3 is 15.2 Å². The minimum Gasteiger partial charge on any atom is -0.493 e. The first-order valence-electron chi connectivity index (χ1n) is 6.96. The third-order valence-corrected chi connectivity index (χ3v) is 4.48. The molecule has 3 rings (SSSR count). The minimum absolute atomic E-state index is 0.272. The summed E-state index contributed by atoms with van der Waals surface area (Å²) in [5.41, 5.74) is 6.96. The number of rotatable bonds is 4. The van der Waals surface area contributed by atoms with Crippen LogP contribution >= 0.6 is 11.6 Å². The average molecular weight is 282 g/mol. The van der Waals surface area contributed by atoms with Crippen LogP contribution in [0.1, 0.15) is 44.1 Å². The zero-order valence-corrected chi connectivity index (χ0v) is 12.0. The van der Waals surface area contributed by atoms with E-state index in [9.17, 15) is 0 Å². The van der Waals surface area contributed by atoms with E-state index in [1.54, 1.807) is 7.11 Å². The molecule has 0 atom stereocenters. The van der Waals surface area contributed by atoms with E-state index < -0.39 is 0 Å². The first-order valence-corrected chi connectivity index (χ1v) is 7.34. The van der Waals surface area contributed by atoms with E-state index in [0.717, 1.165) is 42.7 Å². The Bertz CT molecular complexity index is 479. The minimum atomic E-state index is -0.320. The second-order valence-corrected chi connectivity index (χ2v) is 6.04. The van der Waals surface area contributed by atoms with E-state index in [1.165, 1.54) is 12.8 Å². The van der Waals surface area contributed by atoms with Crippen LogP contribution < -0.4 is 15.2 Å². The first kappa shape index (κ1) is 13.1. The molecule has 0 spiro atoms. The summed E-state index contributed by atoms with van der Waals surface area (Å²) in [6.45, 7) is 0. The van der Waals surface area contributed by atoms with E-state index >= 15 is 0 Å². The number of ether oxygens (including phenoxy) is 2. The van der Waals surface area contributed by atoms with Gasteiger partial charge in [0.1, 0.15) is 0 Å². The van der Waals surface area contributed by atoms with E-state index in [-0.39, 0.29) is 11.6 Å². The Kier molecular flexibility index (Phi) is 3.35. The SMILES string of the molecule is COc1ccc(Cl)c(C2(N)CC2)c1OC1CCCC1. The van der Waals surface area contributed by atoms with Crippen LogP contribution in [0.3, 0.4) is 0 Å². The molecule has 2 aliphatic carbocycles. The molecule has 4 heteroatoms. The van der Waals surface area contributed by atoms with Crippen molar-refractivity contribution in [3.05, 3.63) is 22.7 Å². The van der Waals surface area contributed by atoms with Crippen LogP contribution in [0.5, 0.6) is 11.5 Å². The number of hydrogen-bond donors (Lipinski definition) is 1. The Morgan fingerprint density at radius 2 is 1.95 bits per heavy atom. The van der Waals surface area contributed by atoms with Gasteiger partial charge in [0.25, 0.3) is 0 Å². The molecular weight excluding hydrogens is 262 g/mol. The molecule has 0 aliphatic heterocycles. The monoisotopic (exact) mass is 281 g/mol. The van der Waals surface area contributed by atoms with Crippen molar-refractivity contribution in [2.24, 2.45) is 5.73 Å². The van der Waals surface area contributed by atoms with Crippen molar-refractivity contribution in [3.8, 4) is 11.5 Å². The summed E-state index contributed by atoms with van der Waals surface area (Å²) in [7, 11) is 1.66. The van der Waals surface area contributed by atoms with Gasteiger partial charge in [-0.15, -0.1) is 0 Å². The van der Waals surface area contributed by atoms with Gasteiger partial charge in [-0.25, -0.2) is 0 Å². The third kappa shape index (κ3) is 2.41. The number of nitrogens with two attached hydrogens (primary N) is 1. The zero-order valence-electron chi connectivity index (χ0n) is 11.2. The average Bonchev–Trinajstić information content (AvgIpc) is 2.91. The maximum atomic E-state index is 6.35.